The van der Waals surface area contributed by atoms with Gasteiger partial charge in [0.1, 0.15) is 0 Å². The van der Waals surface area contributed by atoms with Crippen molar-refractivity contribution in [3.63, 3.8) is 0 Å². The Bertz CT molecular complexity index is 1510. The maximum atomic E-state index is 12.9. The van der Waals surface area contributed by atoms with Gasteiger partial charge in [-0.15, -0.1) is 0 Å². The zero-order chi connectivity index (χ0) is 25.7. The number of nitrogens with one attached hydrogen (secondary N) is 1. The summed E-state index contributed by atoms with van der Waals surface area (Å²) < 4.78 is 30.7. The molecule has 1 aliphatic heterocycles. The molecule has 0 saturated carbocycles. The number of aliphatic carboxylic acids is 1. The number of nitrogens with zero attached hydrogens (tertiary/aromatic N) is 3. The summed E-state index contributed by atoms with van der Waals surface area (Å²) in [4.78, 5) is 18.2. The Labute approximate surface area is 210 Å². The van der Waals surface area contributed by atoms with Crippen molar-refractivity contribution >= 4 is 43.9 Å². The third-order valence-corrected chi connectivity index (χ3v) is 7.18. The Balaban J connectivity index is 0.000000709. The van der Waals surface area contributed by atoms with E-state index in [2.05, 4.69) is 20.3 Å². The van der Waals surface area contributed by atoms with Crippen LogP contribution in [0.15, 0.2) is 83.2 Å². The number of anilines is 1. The number of sulfonamides is 1. The van der Waals surface area contributed by atoms with E-state index in [0.717, 1.165) is 66.0 Å². The van der Waals surface area contributed by atoms with Gasteiger partial charge in [-0.25, -0.2) is 13.4 Å². The Kier molecular flexibility index (Phi) is 7.49. The third kappa shape index (κ3) is 5.80. The molecular weight excluding hydrogens is 476 g/mol. The van der Waals surface area contributed by atoms with Gasteiger partial charge in [0.25, 0.3) is 16.0 Å². The second-order valence-corrected chi connectivity index (χ2v) is 10.3. The normalized spacial score (nSPS) is 12.1. The molecule has 36 heavy (non-hydrogen) atoms. The molecule has 3 aromatic carbocycles. The molecule has 0 atom stereocenters. The molecule has 4 aromatic rings. The Morgan fingerprint density at radius 2 is 1.81 bits per heavy atom. The zero-order valence-electron chi connectivity index (χ0n) is 20.2. The molecule has 186 valence electrons. The summed E-state index contributed by atoms with van der Waals surface area (Å²) >= 11 is 0. The molecule has 1 aromatic heterocycles. The van der Waals surface area contributed by atoms with E-state index < -0.39 is 16.0 Å². The Morgan fingerprint density at radius 3 is 2.50 bits per heavy atom. The van der Waals surface area contributed by atoms with Crippen molar-refractivity contribution < 1.29 is 18.3 Å². The number of carbonyl (C=O) groups is 1. The van der Waals surface area contributed by atoms with Gasteiger partial charge in [0.2, 0.25) is 0 Å². The highest BCUT2D eigenvalue weighted by Gasteiger charge is 2.22. The molecule has 8 nitrogen and oxygen atoms in total. The number of rotatable bonds is 8. The molecule has 0 amide bonds. The molecule has 1 aliphatic rings. The monoisotopic (exact) mass is 504 g/mol. The highest BCUT2D eigenvalue weighted by atomic mass is 32.2. The van der Waals surface area contributed by atoms with Gasteiger partial charge in [0.15, 0.2) is 0 Å². The van der Waals surface area contributed by atoms with Crippen LogP contribution in [0.4, 0.5) is 11.4 Å². The van der Waals surface area contributed by atoms with Crippen LogP contribution in [0.2, 0.25) is 0 Å². The maximum absolute atomic E-state index is 12.9. The first-order valence-electron chi connectivity index (χ1n) is 11.6. The Morgan fingerprint density at radius 1 is 1.06 bits per heavy atom. The lowest BCUT2D eigenvalue weighted by Crippen LogP contribution is -2.13. The van der Waals surface area contributed by atoms with Gasteiger partial charge in [-0.2, -0.15) is 0 Å². The first-order chi connectivity index (χ1) is 17.2. The maximum Gasteiger partial charge on any atom is 0.300 e. The van der Waals surface area contributed by atoms with Gasteiger partial charge in [-0.3, -0.25) is 14.5 Å². The summed E-state index contributed by atoms with van der Waals surface area (Å²) in [5, 5.41) is 9.30. The molecule has 0 unspecified atom stereocenters. The van der Waals surface area contributed by atoms with Crippen molar-refractivity contribution in [2.24, 2.45) is 4.99 Å². The van der Waals surface area contributed by atoms with Crippen LogP contribution in [0.25, 0.3) is 10.8 Å². The second kappa shape index (κ2) is 10.7. The molecule has 0 bridgehead atoms. The number of benzene rings is 3. The highest BCUT2D eigenvalue weighted by Crippen LogP contribution is 2.40. The van der Waals surface area contributed by atoms with E-state index in [0.29, 0.717) is 5.69 Å². The SMILES string of the molecule is CC(=O)O.Cc1ccc(S(=O)(=O)Nc2ccc3c4c(cccc24)C(CCCCn2ccnc2)=N3)cc1. The van der Waals surface area contributed by atoms with E-state index in [1.54, 1.807) is 36.5 Å². The average molecular weight is 505 g/mol. The minimum absolute atomic E-state index is 0.251. The van der Waals surface area contributed by atoms with E-state index in [4.69, 9.17) is 14.9 Å². The molecule has 0 saturated heterocycles. The number of carboxylic acid groups (broad SMARTS) is 1. The third-order valence-electron chi connectivity index (χ3n) is 5.80. The summed E-state index contributed by atoms with van der Waals surface area (Å²) in [6, 6.07) is 16.6. The van der Waals surface area contributed by atoms with Crippen molar-refractivity contribution in [2.45, 2.75) is 44.6 Å². The molecule has 0 spiro atoms. The largest absolute Gasteiger partial charge is 0.481 e. The number of hydrogen-bond acceptors (Lipinski definition) is 5. The first kappa shape index (κ1) is 25.1. The van der Waals surface area contributed by atoms with Crippen LogP contribution in [0, 0.1) is 6.92 Å². The summed E-state index contributed by atoms with van der Waals surface area (Å²) in [6.45, 7) is 3.96. The standard InChI is InChI=1S/C25H24N4O2S.C2H4O2/c1-18-8-10-19(11-9-18)32(30,31)28-23-12-13-24-25-20(5-4-6-21(23)25)22(27-24)7-2-3-15-29-16-14-26-17-29;1-2(3)4/h4-6,8-14,16-17,28H,2-3,7,15H2,1H3;1H3,(H,3,4). The Hall–Kier alpha value is -3.98. The number of hydrogen-bond donors (Lipinski definition) is 2. The van der Waals surface area contributed by atoms with E-state index in [1.165, 1.54) is 0 Å². The lowest BCUT2D eigenvalue weighted by atomic mass is 9.99. The molecule has 0 radical (unpaired) electrons. The molecule has 9 heteroatoms. The fourth-order valence-corrected chi connectivity index (χ4v) is 5.21. The van der Waals surface area contributed by atoms with Crippen LogP contribution in [-0.2, 0) is 21.4 Å². The minimum Gasteiger partial charge on any atom is -0.481 e. The van der Waals surface area contributed by atoms with Crippen molar-refractivity contribution in [2.75, 3.05) is 4.72 Å². The number of imidazole rings is 1. The minimum atomic E-state index is -3.67. The smallest absolute Gasteiger partial charge is 0.300 e. The van der Waals surface area contributed by atoms with Crippen LogP contribution in [-0.4, -0.2) is 34.8 Å². The van der Waals surface area contributed by atoms with E-state index >= 15 is 0 Å². The van der Waals surface area contributed by atoms with Gasteiger partial charge < -0.3 is 9.67 Å². The quantitative estimate of drug-likeness (QED) is 0.306. The molecule has 5 rings (SSSR count). The number of carboxylic acids is 1. The molecular formula is C27H28N4O4S. The number of aromatic nitrogens is 2. The first-order valence-corrected chi connectivity index (χ1v) is 13.1. The number of aliphatic imine (C=N–C) groups is 1. The van der Waals surface area contributed by atoms with Gasteiger partial charge >= 0.3 is 0 Å². The molecule has 0 fully saturated rings. The van der Waals surface area contributed by atoms with E-state index in [1.807, 2.05) is 37.6 Å². The van der Waals surface area contributed by atoms with E-state index in [-0.39, 0.29) is 4.90 Å². The molecule has 2 N–H and O–H groups in total. The second-order valence-electron chi connectivity index (χ2n) is 8.61. The van der Waals surface area contributed by atoms with Gasteiger partial charge in [-0.1, -0.05) is 35.9 Å². The molecule has 0 aliphatic carbocycles. The lowest BCUT2D eigenvalue weighted by Gasteiger charge is -2.12. The highest BCUT2D eigenvalue weighted by molar-refractivity contribution is 7.92. The topological polar surface area (TPSA) is 114 Å². The van der Waals surface area contributed by atoms with Crippen LogP contribution < -0.4 is 4.72 Å². The van der Waals surface area contributed by atoms with Crippen LogP contribution in [0.3, 0.4) is 0 Å². The lowest BCUT2D eigenvalue weighted by molar-refractivity contribution is -0.134. The van der Waals surface area contributed by atoms with Crippen LogP contribution in [0.1, 0.15) is 37.3 Å². The van der Waals surface area contributed by atoms with Crippen molar-refractivity contribution in [1.29, 1.82) is 0 Å². The van der Waals surface area contributed by atoms with Crippen molar-refractivity contribution in [3.05, 3.63) is 84.4 Å². The van der Waals surface area contributed by atoms with Gasteiger partial charge in [0, 0.05) is 47.9 Å². The summed E-state index contributed by atoms with van der Waals surface area (Å²) in [5.74, 6) is -0.833. The average Bonchev–Trinajstić information content (AvgIpc) is 3.47. The van der Waals surface area contributed by atoms with Crippen LogP contribution >= 0.6 is 0 Å². The predicted octanol–water partition coefficient (Wildman–Crippen LogP) is 5.54. The van der Waals surface area contributed by atoms with Crippen molar-refractivity contribution in [1.82, 2.24) is 9.55 Å². The zero-order valence-corrected chi connectivity index (χ0v) is 21.0. The summed E-state index contributed by atoms with van der Waals surface area (Å²) in [7, 11) is -3.67. The molecule has 2 heterocycles. The van der Waals surface area contributed by atoms with Gasteiger partial charge in [0.05, 0.1) is 22.6 Å². The van der Waals surface area contributed by atoms with Crippen molar-refractivity contribution in [3.8, 4) is 0 Å². The summed E-state index contributed by atoms with van der Waals surface area (Å²) in [6.07, 6.45) is 8.55. The predicted molar refractivity (Wildman–Crippen MR) is 142 cm³/mol. The summed E-state index contributed by atoms with van der Waals surface area (Å²) in [5.41, 5.74) is 4.65. The number of unbranched alkanes of at least 4 members (excludes halogenated alkanes) is 1. The van der Waals surface area contributed by atoms with Gasteiger partial charge in [-0.05, 0) is 50.5 Å². The fraction of sp³-hybridized carbons (Fsp3) is 0.222. The van der Waals surface area contributed by atoms with E-state index in [9.17, 15) is 8.42 Å². The number of aryl methyl sites for hydroxylation is 2. The van der Waals surface area contributed by atoms with Crippen LogP contribution in [0.5, 0.6) is 0 Å². The fourth-order valence-electron chi connectivity index (χ4n) is 4.13.